The summed E-state index contributed by atoms with van der Waals surface area (Å²) in [7, 11) is 0. The molecule has 1 heterocycles. The second-order valence-electron chi connectivity index (χ2n) is 5.86. The van der Waals surface area contributed by atoms with Gasteiger partial charge < -0.3 is 14.9 Å². The van der Waals surface area contributed by atoms with Gasteiger partial charge in [-0.1, -0.05) is 25.4 Å². The Morgan fingerprint density at radius 1 is 1.35 bits per heavy atom. The van der Waals surface area contributed by atoms with Gasteiger partial charge in [-0.3, -0.25) is 0 Å². The standard InChI is InChI=1S/C15H14ClF3O4/c1-14(2,6-20)9-5-11-7(4-10(9)16)3-8(13(21)22)12(23-11)15(17,18)19/h3-5,12,20H,6H2,1-2H3,(H,21,22)/t12-/m1/s1. The van der Waals surface area contributed by atoms with Crippen LogP contribution in [-0.4, -0.2) is 35.1 Å². The highest BCUT2D eigenvalue weighted by molar-refractivity contribution is 6.31. The number of carbonyl (C=O) groups is 1. The second kappa shape index (κ2) is 5.72. The Morgan fingerprint density at radius 2 is 1.96 bits per heavy atom. The van der Waals surface area contributed by atoms with Crippen LogP contribution in [0.25, 0.3) is 6.08 Å². The summed E-state index contributed by atoms with van der Waals surface area (Å²) in [6, 6.07) is 2.64. The van der Waals surface area contributed by atoms with Crippen molar-refractivity contribution >= 4 is 23.6 Å². The van der Waals surface area contributed by atoms with Crippen LogP contribution < -0.4 is 4.74 Å². The molecule has 1 aliphatic rings. The molecule has 1 aliphatic heterocycles. The Bertz CT molecular complexity index is 680. The van der Waals surface area contributed by atoms with Crippen molar-refractivity contribution in [1.29, 1.82) is 0 Å². The molecule has 2 N–H and O–H groups in total. The molecule has 0 radical (unpaired) electrons. The molecule has 8 heteroatoms. The van der Waals surface area contributed by atoms with Crippen LogP contribution >= 0.6 is 11.6 Å². The Hall–Kier alpha value is -1.73. The van der Waals surface area contributed by atoms with Gasteiger partial charge in [0.1, 0.15) is 5.75 Å². The zero-order valence-electron chi connectivity index (χ0n) is 12.2. The van der Waals surface area contributed by atoms with E-state index in [1.165, 1.54) is 12.1 Å². The van der Waals surface area contributed by atoms with Gasteiger partial charge in [-0.05, 0) is 23.8 Å². The van der Waals surface area contributed by atoms with Crippen LogP contribution in [0, 0.1) is 0 Å². The van der Waals surface area contributed by atoms with Gasteiger partial charge >= 0.3 is 12.1 Å². The van der Waals surface area contributed by atoms with Gasteiger partial charge in [0.15, 0.2) is 0 Å². The van der Waals surface area contributed by atoms with Crippen LogP contribution in [-0.2, 0) is 10.2 Å². The number of halogens is 4. The predicted molar refractivity (Wildman–Crippen MR) is 77.6 cm³/mol. The van der Waals surface area contributed by atoms with E-state index in [-0.39, 0.29) is 22.9 Å². The molecule has 126 valence electrons. The molecule has 0 aliphatic carbocycles. The molecule has 2 rings (SSSR count). The number of aliphatic hydroxyl groups is 1. The molecular formula is C15H14ClF3O4. The molecule has 0 saturated carbocycles. The highest BCUT2D eigenvalue weighted by atomic mass is 35.5. The molecule has 0 amide bonds. The molecule has 0 aromatic heterocycles. The Morgan fingerprint density at radius 3 is 2.43 bits per heavy atom. The summed E-state index contributed by atoms with van der Waals surface area (Å²) in [6.45, 7) is 3.07. The summed E-state index contributed by atoms with van der Waals surface area (Å²) >= 11 is 6.11. The van der Waals surface area contributed by atoms with Crippen molar-refractivity contribution in [3.63, 3.8) is 0 Å². The number of rotatable bonds is 3. The maximum absolute atomic E-state index is 13.0. The SMILES string of the molecule is CC(C)(CO)c1cc2c(cc1Cl)C=C(C(=O)O)[C@H](C(F)(F)F)O2. The monoisotopic (exact) mass is 350 g/mol. The maximum Gasteiger partial charge on any atom is 0.430 e. The number of hydrogen-bond acceptors (Lipinski definition) is 3. The lowest BCUT2D eigenvalue weighted by molar-refractivity contribution is -0.187. The van der Waals surface area contributed by atoms with Crippen LogP contribution in [0.1, 0.15) is 25.0 Å². The molecule has 0 unspecified atom stereocenters. The van der Waals surface area contributed by atoms with E-state index >= 15 is 0 Å². The van der Waals surface area contributed by atoms with E-state index < -0.39 is 29.2 Å². The third-order valence-corrected chi connectivity index (χ3v) is 3.92. The normalized spacial score (nSPS) is 18.0. The summed E-state index contributed by atoms with van der Waals surface area (Å²) < 4.78 is 44.0. The number of benzene rings is 1. The van der Waals surface area contributed by atoms with E-state index in [2.05, 4.69) is 0 Å². The van der Waals surface area contributed by atoms with E-state index in [0.717, 1.165) is 6.08 Å². The average Bonchev–Trinajstić information content (AvgIpc) is 2.43. The average molecular weight is 351 g/mol. The Labute approximate surface area is 135 Å². The highest BCUT2D eigenvalue weighted by Gasteiger charge is 2.48. The van der Waals surface area contributed by atoms with Crippen LogP contribution in [0.5, 0.6) is 5.75 Å². The fourth-order valence-electron chi connectivity index (χ4n) is 2.24. The van der Waals surface area contributed by atoms with Crippen LogP contribution in [0.3, 0.4) is 0 Å². The fourth-order valence-corrected chi connectivity index (χ4v) is 2.67. The number of ether oxygens (including phenoxy) is 1. The van der Waals surface area contributed by atoms with Crippen molar-refractivity contribution in [3.05, 3.63) is 33.9 Å². The second-order valence-corrected chi connectivity index (χ2v) is 6.26. The number of carboxylic acid groups (broad SMARTS) is 1. The molecule has 0 bridgehead atoms. The zero-order valence-corrected chi connectivity index (χ0v) is 13.0. The maximum atomic E-state index is 13.0. The van der Waals surface area contributed by atoms with E-state index in [4.69, 9.17) is 21.4 Å². The first-order valence-electron chi connectivity index (χ1n) is 6.60. The predicted octanol–water partition coefficient (Wildman–Crippen LogP) is 3.40. The summed E-state index contributed by atoms with van der Waals surface area (Å²) in [6.07, 6.45) is -6.52. The lowest BCUT2D eigenvalue weighted by Gasteiger charge is -2.30. The number of aliphatic hydroxyl groups excluding tert-OH is 1. The largest absolute Gasteiger partial charge is 0.478 e. The third kappa shape index (κ3) is 3.30. The summed E-state index contributed by atoms with van der Waals surface area (Å²) in [5.74, 6) is -1.84. The molecular weight excluding hydrogens is 337 g/mol. The molecule has 4 nitrogen and oxygen atoms in total. The van der Waals surface area contributed by atoms with Crippen LogP contribution in [0.2, 0.25) is 5.02 Å². The number of hydrogen-bond donors (Lipinski definition) is 2. The van der Waals surface area contributed by atoms with Crippen molar-refractivity contribution in [3.8, 4) is 5.75 Å². The zero-order chi connectivity index (χ0) is 17.6. The minimum Gasteiger partial charge on any atom is -0.478 e. The first kappa shape index (κ1) is 17.6. The minimum absolute atomic E-state index is 0.127. The summed E-state index contributed by atoms with van der Waals surface area (Å²) in [5, 5.41) is 18.6. The van der Waals surface area contributed by atoms with Gasteiger partial charge in [-0.15, -0.1) is 0 Å². The van der Waals surface area contributed by atoms with Crippen molar-refractivity contribution in [2.45, 2.75) is 31.5 Å². The van der Waals surface area contributed by atoms with E-state index in [0.29, 0.717) is 5.56 Å². The van der Waals surface area contributed by atoms with Gasteiger partial charge in [-0.25, -0.2) is 4.79 Å². The fraction of sp³-hybridized carbons (Fsp3) is 0.400. The van der Waals surface area contributed by atoms with Crippen molar-refractivity contribution in [1.82, 2.24) is 0 Å². The molecule has 0 spiro atoms. The van der Waals surface area contributed by atoms with E-state index in [9.17, 15) is 23.1 Å². The van der Waals surface area contributed by atoms with Gasteiger partial charge in [0.25, 0.3) is 0 Å². The van der Waals surface area contributed by atoms with Gasteiger partial charge in [0.2, 0.25) is 6.10 Å². The Kier molecular flexibility index (Phi) is 4.38. The number of alkyl halides is 3. The van der Waals surface area contributed by atoms with Gasteiger partial charge in [0.05, 0.1) is 12.2 Å². The molecule has 0 fully saturated rings. The van der Waals surface area contributed by atoms with E-state index in [1.807, 2.05) is 0 Å². The smallest absolute Gasteiger partial charge is 0.430 e. The lowest BCUT2D eigenvalue weighted by atomic mass is 9.84. The quantitative estimate of drug-likeness (QED) is 0.876. The number of aliphatic carboxylic acids is 1. The van der Waals surface area contributed by atoms with Crippen LogP contribution in [0.4, 0.5) is 13.2 Å². The molecule has 1 aromatic rings. The summed E-state index contributed by atoms with van der Waals surface area (Å²) in [4.78, 5) is 11.1. The number of fused-ring (bicyclic) bond motifs is 1. The molecule has 1 atom stereocenters. The molecule has 1 aromatic carbocycles. The highest BCUT2D eigenvalue weighted by Crippen LogP contribution is 2.41. The van der Waals surface area contributed by atoms with Crippen LogP contribution in [0.15, 0.2) is 17.7 Å². The number of carboxylic acids is 1. The van der Waals surface area contributed by atoms with E-state index in [1.54, 1.807) is 13.8 Å². The van der Waals surface area contributed by atoms with Gasteiger partial charge in [0, 0.05) is 16.0 Å². The van der Waals surface area contributed by atoms with Crippen molar-refractivity contribution in [2.24, 2.45) is 0 Å². The minimum atomic E-state index is -4.87. The first-order chi connectivity index (χ1) is 10.5. The molecule has 0 saturated heterocycles. The third-order valence-electron chi connectivity index (χ3n) is 3.61. The Balaban J connectivity index is 2.61. The molecule has 23 heavy (non-hydrogen) atoms. The summed E-state index contributed by atoms with van der Waals surface area (Å²) in [5.41, 5.74) is -1.14. The lowest BCUT2D eigenvalue weighted by Crippen LogP contribution is -2.40. The van der Waals surface area contributed by atoms with Crippen molar-refractivity contribution in [2.75, 3.05) is 6.61 Å². The van der Waals surface area contributed by atoms with Crippen molar-refractivity contribution < 1.29 is 32.9 Å². The first-order valence-corrected chi connectivity index (χ1v) is 6.98. The topological polar surface area (TPSA) is 66.8 Å². The van der Waals surface area contributed by atoms with Gasteiger partial charge in [-0.2, -0.15) is 13.2 Å².